The predicted molar refractivity (Wildman–Crippen MR) is 358 cm³/mol. The van der Waals surface area contributed by atoms with Gasteiger partial charge in [-0.1, -0.05) is 386 Å². The van der Waals surface area contributed by atoms with Gasteiger partial charge in [0.2, 0.25) is 0 Å². The summed E-state index contributed by atoms with van der Waals surface area (Å²) in [4.78, 5) is 38.4. The Morgan fingerprint density at radius 2 is 0.402 bits per heavy atom. The van der Waals surface area contributed by atoms with Crippen LogP contribution in [0.1, 0.15) is 438 Å². The maximum Gasteiger partial charge on any atom is 0.306 e. The second kappa shape index (κ2) is 71.6. The first kappa shape index (κ1) is 80.2. The van der Waals surface area contributed by atoms with Crippen LogP contribution < -0.4 is 0 Å². The molecule has 0 heterocycles. The highest BCUT2D eigenvalue weighted by Gasteiger charge is 2.20. The van der Waals surface area contributed by atoms with Crippen LogP contribution in [0, 0.1) is 0 Å². The van der Waals surface area contributed by atoms with Crippen molar-refractivity contribution in [3.63, 3.8) is 0 Å². The van der Waals surface area contributed by atoms with Crippen LogP contribution in [0.15, 0.2) is 12.2 Å². The second-order valence-corrected chi connectivity index (χ2v) is 25.9. The Labute approximate surface area is 513 Å². The minimum Gasteiger partial charge on any atom is -0.462 e. The highest BCUT2D eigenvalue weighted by Crippen LogP contribution is 2.20. The van der Waals surface area contributed by atoms with E-state index in [-0.39, 0.29) is 31.1 Å². The summed E-state index contributed by atoms with van der Waals surface area (Å²) in [5, 5.41) is 0. The van der Waals surface area contributed by atoms with E-state index < -0.39 is 6.10 Å². The number of hydrogen-bond donors (Lipinski definition) is 0. The molecule has 0 amide bonds. The van der Waals surface area contributed by atoms with Crippen molar-refractivity contribution in [2.75, 3.05) is 13.2 Å². The number of carbonyl (C=O) groups is 3. The Morgan fingerprint density at radius 3 is 0.610 bits per heavy atom. The molecule has 0 fully saturated rings. The molecule has 0 spiro atoms. The number of ether oxygens (including phenoxy) is 3. The van der Waals surface area contributed by atoms with Gasteiger partial charge in [0.05, 0.1) is 0 Å². The van der Waals surface area contributed by atoms with Crippen molar-refractivity contribution in [2.24, 2.45) is 0 Å². The summed E-state index contributed by atoms with van der Waals surface area (Å²) in [6.45, 7) is 6.71. The van der Waals surface area contributed by atoms with Crippen molar-refractivity contribution in [1.82, 2.24) is 0 Å². The van der Waals surface area contributed by atoms with Gasteiger partial charge in [0, 0.05) is 19.3 Å². The summed E-state index contributed by atoms with van der Waals surface area (Å²) in [6.07, 6.45) is 87.1. The van der Waals surface area contributed by atoms with Crippen LogP contribution >= 0.6 is 0 Å². The number of hydrogen-bond acceptors (Lipinski definition) is 6. The third-order valence-corrected chi connectivity index (χ3v) is 17.5. The van der Waals surface area contributed by atoms with E-state index >= 15 is 0 Å². The van der Waals surface area contributed by atoms with Gasteiger partial charge in [-0.3, -0.25) is 14.4 Å². The molecule has 0 N–H and O–H groups in total. The number of rotatable bonds is 71. The molecule has 0 bridgehead atoms. The molecule has 0 aliphatic heterocycles. The molecule has 0 aliphatic rings. The van der Waals surface area contributed by atoms with Crippen molar-refractivity contribution in [1.29, 1.82) is 0 Å². The molecule has 0 aromatic carbocycles. The molecule has 82 heavy (non-hydrogen) atoms. The Morgan fingerprint density at radius 1 is 0.232 bits per heavy atom. The standard InChI is InChI=1S/C76H146O6/c1-4-7-10-13-16-19-22-24-26-28-30-32-33-34-35-36-37-38-39-40-41-42-43-45-46-48-50-52-54-57-60-63-66-69-75(78)81-72-73(71-80-74(77)68-65-62-59-56-21-18-15-12-9-6-3)82-76(79)70-67-64-61-58-55-53-51-49-47-44-31-29-27-25-23-20-17-14-11-8-5-2/h29,31,73H,4-28,30,32-72H2,1-3H3/b31-29-. The molecule has 1 atom stereocenters. The van der Waals surface area contributed by atoms with Crippen molar-refractivity contribution in [2.45, 2.75) is 444 Å². The van der Waals surface area contributed by atoms with E-state index in [9.17, 15) is 14.4 Å². The van der Waals surface area contributed by atoms with Crippen LogP contribution in [-0.4, -0.2) is 37.2 Å². The van der Waals surface area contributed by atoms with E-state index in [0.717, 1.165) is 57.8 Å². The summed E-state index contributed by atoms with van der Waals surface area (Å²) >= 11 is 0. The Bertz CT molecular complexity index is 1280. The molecular formula is C76H146O6. The summed E-state index contributed by atoms with van der Waals surface area (Å²) in [7, 11) is 0. The fraction of sp³-hybridized carbons (Fsp3) is 0.934. The Kier molecular flexibility index (Phi) is 70.0. The molecule has 0 rings (SSSR count). The van der Waals surface area contributed by atoms with Gasteiger partial charge in [-0.2, -0.15) is 0 Å². The molecule has 0 aliphatic carbocycles. The maximum absolute atomic E-state index is 12.9. The Balaban J connectivity index is 4.03. The lowest BCUT2D eigenvalue weighted by molar-refractivity contribution is -0.167. The van der Waals surface area contributed by atoms with Crippen LogP contribution in [0.2, 0.25) is 0 Å². The summed E-state index contributed by atoms with van der Waals surface area (Å²) in [5.41, 5.74) is 0. The van der Waals surface area contributed by atoms with Gasteiger partial charge in [-0.05, 0) is 44.9 Å². The molecule has 486 valence electrons. The van der Waals surface area contributed by atoms with Gasteiger partial charge in [0.1, 0.15) is 13.2 Å². The molecule has 6 nitrogen and oxygen atoms in total. The zero-order valence-corrected chi connectivity index (χ0v) is 56.1. The van der Waals surface area contributed by atoms with Crippen LogP contribution in [-0.2, 0) is 28.6 Å². The monoisotopic (exact) mass is 1160 g/mol. The molecule has 1 unspecified atom stereocenters. The lowest BCUT2D eigenvalue weighted by atomic mass is 10.0. The summed E-state index contributed by atoms with van der Waals surface area (Å²) < 4.78 is 17.0. The summed E-state index contributed by atoms with van der Waals surface area (Å²) in [5.74, 6) is -0.834. The third-order valence-electron chi connectivity index (χ3n) is 17.5. The first-order chi connectivity index (χ1) is 40.5. The molecule has 6 heteroatoms. The van der Waals surface area contributed by atoms with Crippen LogP contribution in [0.3, 0.4) is 0 Å². The van der Waals surface area contributed by atoms with Crippen molar-refractivity contribution in [3.05, 3.63) is 12.2 Å². The largest absolute Gasteiger partial charge is 0.462 e. The van der Waals surface area contributed by atoms with Crippen LogP contribution in [0.4, 0.5) is 0 Å². The third kappa shape index (κ3) is 68.9. The van der Waals surface area contributed by atoms with Gasteiger partial charge in [-0.15, -0.1) is 0 Å². The maximum atomic E-state index is 12.9. The number of carbonyl (C=O) groups excluding carboxylic acids is 3. The minimum absolute atomic E-state index is 0.0641. The first-order valence-corrected chi connectivity index (χ1v) is 37.7. The average molecular weight is 1160 g/mol. The van der Waals surface area contributed by atoms with Crippen molar-refractivity contribution < 1.29 is 28.6 Å². The van der Waals surface area contributed by atoms with Gasteiger partial charge < -0.3 is 14.2 Å². The van der Waals surface area contributed by atoms with E-state index in [2.05, 4.69) is 32.9 Å². The van der Waals surface area contributed by atoms with Crippen LogP contribution in [0.5, 0.6) is 0 Å². The highest BCUT2D eigenvalue weighted by atomic mass is 16.6. The van der Waals surface area contributed by atoms with E-state index in [4.69, 9.17) is 14.2 Å². The topological polar surface area (TPSA) is 78.9 Å². The zero-order valence-electron chi connectivity index (χ0n) is 56.1. The molecule has 0 radical (unpaired) electrons. The Hall–Kier alpha value is -1.85. The van der Waals surface area contributed by atoms with Crippen molar-refractivity contribution in [3.8, 4) is 0 Å². The lowest BCUT2D eigenvalue weighted by Gasteiger charge is -2.18. The molecule has 0 saturated carbocycles. The SMILES string of the molecule is CCCCCCCCCC/C=C\CCCCCCCCCCCC(=O)OC(COC(=O)CCCCCCCCCCCC)COC(=O)CCCCCCCCCCCCCCCCCCCCCCCCCCCCCCCCCCC. The number of allylic oxidation sites excluding steroid dienone is 2. The number of unbranched alkanes of at least 4 members (excludes halogenated alkanes) is 58. The lowest BCUT2D eigenvalue weighted by Crippen LogP contribution is -2.30. The van der Waals surface area contributed by atoms with Gasteiger partial charge in [0.15, 0.2) is 6.10 Å². The second-order valence-electron chi connectivity index (χ2n) is 25.9. The van der Waals surface area contributed by atoms with Crippen LogP contribution in [0.25, 0.3) is 0 Å². The predicted octanol–water partition coefficient (Wildman–Crippen LogP) is 26.0. The quantitative estimate of drug-likeness (QED) is 0.0261. The fourth-order valence-electron chi connectivity index (χ4n) is 11.9. The van der Waals surface area contributed by atoms with Crippen molar-refractivity contribution >= 4 is 17.9 Å². The highest BCUT2D eigenvalue weighted by molar-refractivity contribution is 5.71. The number of esters is 3. The molecule has 0 saturated heterocycles. The van der Waals surface area contributed by atoms with E-state index in [1.807, 2.05) is 0 Å². The average Bonchev–Trinajstić information content (AvgIpc) is 3.47. The van der Waals surface area contributed by atoms with E-state index in [0.29, 0.717) is 19.3 Å². The smallest absolute Gasteiger partial charge is 0.306 e. The first-order valence-electron chi connectivity index (χ1n) is 37.7. The normalized spacial score (nSPS) is 12.0. The minimum atomic E-state index is -0.767. The molecule has 0 aromatic heterocycles. The summed E-state index contributed by atoms with van der Waals surface area (Å²) in [6, 6.07) is 0. The molecule has 0 aromatic rings. The van der Waals surface area contributed by atoms with Gasteiger partial charge in [-0.25, -0.2) is 0 Å². The van der Waals surface area contributed by atoms with E-state index in [1.165, 1.54) is 340 Å². The fourth-order valence-corrected chi connectivity index (χ4v) is 11.9. The van der Waals surface area contributed by atoms with Gasteiger partial charge >= 0.3 is 17.9 Å². The molecular weight excluding hydrogens is 1010 g/mol. The zero-order chi connectivity index (χ0) is 59.2. The van der Waals surface area contributed by atoms with Gasteiger partial charge in [0.25, 0.3) is 0 Å². The van der Waals surface area contributed by atoms with E-state index in [1.54, 1.807) is 0 Å².